The summed E-state index contributed by atoms with van der Waals surface area (Å²) in [6.07, 6.45) is -0.163. The molecule has 2 fully saturated rings. The molecule has 15 heavy (non-hydrogen) atoms. The van der Waals surface area contributed by atoms with Crippen molar-refractivity contribution in [3.63, 3.8) is 0 Å². The summed E-state index contributed by atoms with van der Waals surface area (Å²) in [4.78, 5) is 13.8. The molecule has 0 spiro atoms. The highest BCUT2D eigenvalue weighted by molar-refractivity contribution is 8.00. The van der Waals surface area contributed by atoms with Crippen LogP contribution in [-0.4, -0.2) is 46.9 Å². The number of ether oxygens (including phenoxy) is 1. The molecule has 0 aromatic rings. The van der Waals surface area contributed by atoms with Crippen LogP contribution in [0.15, 0.2) is 0 Å². The zero-order chi connectivity index (χ0) is 11.1. The predicted molar refractivity (Wildman–Crippen MR) is 61.0 cm³/mol. The molecule has 2 heterocycles. The Kier molecular flexibility index (Phi) is 2.85. The van der Waals surface area contributed by atoms with Crippen LogP contribution in [0.25, 0.3) is 0 Å². The Morgan fingerprint density at radius 1 is 1.47 bits per heavy atom. The van der Waals surface area contributed by atoms with Crippen molar-refractivity contribution < 1.29 is 9.53 Å². The highest BCUT2D eigenvalue weighted by atomic mass is 32.2. The van der Waals surface area contributed by atoms with E-state index in [0.29, 0.717) is 6.04 Å². The summed E-state index contributed by atoms with van der Waals surface area (Å²) in [5, 5.41) is 3.59. The molecule has 1 N–H and O–H groups in total. The molecule has 2 rings (SSSR count). The molecule has 4 nitrogen and oxygen atoms in total. The summed E-state index contributed by atoms with van der Waals surface area (Å²) in [5.74, 6) is 1.02. The van der Waals surface area contributed by atoms with Gasteiger partial charge in [0.25, 0.3) is 0 Å². The van der Waals surface area contributed by atoms with E-state index in [-0.39, 0.29) is 11.5 Å². The fraction of sp³-hybridized carbons (Fsp3) is 0.900. The molecule has 0 saturated carbocycles. The molecular formula is C10H18N2O2S. The van der Waals surface area contributed by atoms with Gasteiger partial charge in [-0.2, -0.15) is 0 Å². The van der Waals surface area contributed by atoms with Crippen molar-refractivity contribution in [1.29, 1.82) is 0 Å². The van der Waals surface area contributed by atoms with E-state index in [9.17, 15) is 4.79 Å². The Bertz CT molecular complexity index is 249. The van der Waals surface area contributed by atoms with E-state index in [0.717, 1.165) is 18.8 Å². The van der Waals surface area contributed by atoms with Gasteiger partial charge < -0.3 is 10.1 Å². The smallest absolute Gasteiger partial charge is 0.411 e. The van der Waals surface area contributed by atoms with E-state index in [1.807, 2.05) is 37.4 Å². The molecule has 2 bridgehead atoms. The van der Waals surface area contributed by atoms with E-state index in [2.05, 4.69) is 5.32 Å². The molecule has 2 saturated heterocycles. The van der Waals surface area contributed by atoms with Crippen LogP contribution in [0.3, 0.4) is 0 Å². The number of fused-ring (bicyclic) bond motifs is 2. The van der Waals surface area contributed by atoms with Crippen LogP contribution in [0.1, 0.15) is 20.8 Å². The first-order chi connectivity index (χ1) is 6.97. The highest BCUT2D eigenvalue weighted by Crippen LogP contribution is 2.32. The molecular weight excluding hydrogens is 212 g/mol. The van der Waals surface area contributed by atoms with Crippen molar-refractivity contribution in [3.05, 3.63) is 0 Å². The Morgan fingerprint density at radius 2 is 2.20 bits per heavy atom. The highest BCUT2D eigenvalue weighted by Gasteiger charge is 2.42. The lowest BCUT2D eigenvalue weighted by atomic mass is 10.2. The van der Waals surface area contributed by atoms with Crippen molar-refractivity contribution in [2.24, 2.45) is 0 Å². The maximum absolute atomic E-state index is 11.9. The Morgan fingerprint density at radius 3 is 2.80 bits per heavy atom. The van der Waals surface area contributed by atoms with Crippen LogP contribution in [0.5, 0.6) is 0 Å². The monoisotopic (exact) mass is 230 g/mol. The van der Waals surface area contributed by atoms with Crippen LogP contribution in [-0.2, 0) is 4.74 Å². The lowest BCUT2D eigenvalue weighted by Crippen LogP contribution is -2.55. The summed E-state index contributed by atoms with van der Waals surface area (Å²) in [6.45, 7) is 7.48. The normalized spacial score (nSPS) is 30.5. The van der Waals surface area contributed by atoms with Gasteiger partial charge in [0.05, 0.1) is 11.4 Å². The quantitative estimate of drug-likeness (QED) is 0.680. The van der Waals surface area contributed by atoms with E-state index in [4.69, 9.17) is 4.74 Å². The number of amides is 1. The average Bonchev–Trinajstić information content (AvgIpc) is 2.34. The van der Waals surface area contributed by atoms with Crippen LogP contribution in [0, 0.1) is 0 Å². The second-order valence-corrected chi connectivity index (χ2v) is 6.20. The second kappa shape index (κ2) is 3.87. The molecule has 0 unspecified atom stereocenters. The molecule has 1 amide bonds. The first kappa shape index (κ1) is 11.1. The SMILES string of the molecule is CC(C)(C)OC(=O)N1[C@@H]2CNC[C@H]1SC2. The largest absolute Gasteiger partial charge is 0.444 e. The first-order valence-electron chi connectivity index (χ1n) is 5.31. The average molecular weight is 230 g/mol. The van der Waals surface area contributed by atoms with E-state index < -0.39 is 5.60 Å². The second-order valence-electron chi connectivity index (χ2n) is 4.99. The van der Waals surface area contributed by atoms with Gasteiger partial charge in [0.1, 0.15) is 5.60 Å². The van der Waals surface area contributed by atoms with Crippen molar-refractivity contribution in [1.82, 2.24) is 10.2 Å². The van der Waals surface area contributed by atoms with Crippen LogP contribution >= 0.6 is 11.8 Å². The van der Waals surface area contributed by atoms with Crippen LogP contribution < -0.4 is 5.32 Å². The maximum Gasteiger partial charge on any atom is 0.411 e. The molecule has 0 aromatic carbocycles. The predicted octanol–water partition coefficient (Wildman–Crippen LogP) is 1.27. The summed E-state index contributed by atoms with van der Waals surface area (Å²) in [5.41, 5.74) is -0.397. The molecule has 86 valence electrons. The van der Waals surface area contributed by atoms with Crippen molar-refractivity contribution in [2.45, 2.75) is 37.8 Å². The van der Waals surface area contributed by atoms with Gasteiger partial charge in [0, 0.05) is 18.8 Å². The van der Waals surface area contributed by atoms with E-state index in [1.165, 1.54) is 0 Å². The lowest BCUT2D eigenvalue weighted by molar-refractivity contribution is 0.0137. The maximum atomic E-state index is 11.9. The summed E-state index contributed by atoms with van der Waals surface area (Å²) in [7, 11) is 0. The third-order valence-electron chi connectivity index (χ3n) is 2.49. The van der Waals surface area contributed by atoms with Gasteiger partial charge in [0.15, 0.2) is 0 Å². The van der Waals surface area contributed by atoms with Crippen LogP contribution in [0.4, 0.5) is 4.79 Å². The van der Waals surface area contributed by atoms with Gasteiger partial charge in [-0.05, 0) is 20.8 Å². The number of hydrogen-bond donors (Lipinski definition) is 1. The molecule has 0 aliphatic carbocycles. The third kappa shape index (κ3) is 2.39. The number of nitrogens with one attached hydrogen (secondary N) is 1. The van der Waals surface area contributed by atoms with E-state index >= 15 is 0 Å². The van der Waals surface area contributed by atoms with Crippen molar-refractivity contribution >= 4 is 17.9 Å². The van der Waals surface area contributed by atoms with Gasteiger partial charge in [-0.15, -0.1) is 11.8 Å². The molecule has 0 radical (unpaired) electrons. The summed E-state index contributed by atoms with van der Waals surface area (Å²) >= 11 is 1.84. The van der Waals surface area contributed by atoms with Gasteiger partial charge >= 0.3 is 6.09 Å². The minimum absolute atomic E-state index is 0.163. The van der Waals surface area contributed by atoms with Gasteiger partial charge in [-0.1, -0.05) is 0 Å². The summed E-state index contributed by atoms with van der Waals surface area (Å²) in [6, 6.07) is 0.309. The minimum Gasteiger partial charge on any atom is -0.444 e. The molecule has 2 atom stereocenters. The number of hydrogen-bond acceptors (Lipinski definition) is 4. The molecule has 2 aliphatic rings. The molecule has 0 aromatic heterocycles. The standard InChI is InChI=1S/C10H18N2O2S/c1-10(2,3)14-9(13)12-7-4-11-5-8(12)15-6-7/h7-8,11H,4-6H2,1-3H3/t7-,8-/m1/s1. The first-order valence-corrected chi connectivity index (χ1v) is 6.36. The number of carbonyl (C=O) groups is 1. The Balaban J connectivity index is 2.01. The number of nitrogens with zero attached hydrogens (tertiary/aromatic N) is 1. The fourth-order valence-electron chi connectivity index (χ4n) is 1.89. The molecule has 2 aliphatic heterocycles. The number of piperazine rings is 1. The van der Waals surface area contributed by atoms with Gasteiger partial charge in [0.2, 0.25) is 0 Å². The number of thioether (sulfide) groups is 1. The van der Waals surface area contributed by atoms with Crippen LogP contribution in [0.2, 0.25) is 0 Å². The Hall–Kier alpha value is -0.420. The molecule has 5 heteroatoms. The topological polar surface area (TPSA) is 41.6 Å². The van der Waals surface area contributed by atoms with Gasteiger partial charge in [-0.3, -0.25) is 4.90 Å². The third-order valence-corrected chi connectivity index (χ3v) is 3.84. The number of carbonyl (C=O) groups excluding carboxylic acids is 1. The fourth-order valence-corrected chi connectivity index (χ4v) is 3.26. The Labute approximate surface area is 94.7 Å². The lowest BCUT2D eigenvalue weighted by Gasteiger charge is -2.35. The van der Waals surface area contributed by atoms with Crippen molar-refractivity contribution in [2.75, 3.05) is 18.8 Å². The van der Waals surface area contributed by atoms with Crippen molar-refractivity contribution in [3.8, 4) is 0 Å². The minimum atomic E-state index is -0.397. The summed E-state index contributed by atoms with van der Waals surface area (Å²) < 4.78 is 5.40. The zero-order valence-electron chi connectivity index (χ0n) is 9.45. The van der Waals surface area contributed by atoms with Gasteiger partial charge in [-0.25, -0.2) is 4.79 Å². The zero-order valence-corrected chi connectivity index (χ0v) is 10.3. The van der Waals surface area contributed by atoms with E-state index in [1.54, 1.807) is 0 Å². The number of rotatable bonds is 0.